The van der Waals surface area contributed by atoms with E-state index < -0.39 is 10.0 Å². The number of hydrogen-bond acceptors (Lipinski definition) is 5. The van der Waals surface area contributed by atoms with Gasteiger partial charge in [-0.1, -0.05) is 52.2 Å². The fourth-order valence-electron chi connectivity index (χ4n) is 4.56. The van der Waals surface area contributed by atoms with Crippen LogP contribution in [0, 0.1) is 0 Å². The van der Waals surface area contributed by atoms with Crippen LogP contribution in [0.4, 0.5) is 0 Å². The smallest absolute Gasteiger partial charge is 0.243 e. The third-order valence-electron chi connectivity index (χ3n) is 6.50. The average Bonchev–Trinajstić information content (AvgIpc) is 3.24. The van der Waals surface area contributed by atoms with Crippen LogP contribution in [0.1, 0.15) is 94.9 Å². The lowest BCUT2D eigenvalue weighted by molar-refractivity contribution is 0.273. The normalized spacial score (nSPS) is 22.3. The number of hydrogen-bond donors (Lipinski definition) is 0. The van der Waals surface area contributed by atoms with E-state index >= 15 is 0 Å². The highest BCUT2D eigenvalue weighted by Gasteiger charge is 2.34. The highest BCUT2D eigenvalue weighted by molar-refractivity contribution is 7.89. The van der Waals surface area contributed by atoms with E-state index in [1.807, 2.05) is 12.1 Å². The molecule has 30 heavy (non-hydrogen) atoms. The van der Waals surface area contributed by atoms with Gasteiger partial charge in [-0.05, 0) is 48.8 Å². The molecule has 1 saturated heterocycles. The second kappa shape index (κ2) is 8.42. The van der Waals surface area contributed by atoms with E-state index in [-0.39, 0.29) is 11.3 Å². The van der Waals surface area contributed by atoms with Crippen molar-refractivity contribution < 1.29 is 12.8 Å². The summed E-state index contributed by atoms with van der Waals surface area (Å²) in [6.07, 6.45) is 7.60. The third-order valence-corrected chi connectivity index (χ3v) is 8.38. The Morgan fingerprint density at radius 2 is 1.50 bits per heavy atom. The summed E-state index contributed by atoms with van der Waals surface area (Å²) in [5, 5.41) is 8.61. The zero-order valence-corrected chi connectivity index (χ0v) is 19.1. The van der Waals surface area contributed by atoms with Gasteiger partial charge < -0.3 is 4.42 Å². The van der Waals surface area contributed by atoms with Gasteiger partial charge in [-0.15, -0.1) is 10.2 Å². The van der Waals surface area contributed by atoms with Crippen LogP contribution in [0.5, 0.6) is 0 Å². The molecule has 1 aromatic carbocycles. The molecule has 0 amide bonds. The van der Waals surface area contributed by atoms with E-state index in [1.165, 1.54) is 19.3 Å². The number of aromatic nitrogens is 2. The van der Waals surface area contributed by atoms with Gasteiger partial charge in [0, 0.05) is 19.0 Å². The van der Waals surface area contributed by atoms with E-state index in [2.05, 4.69) is 31.0 Å². The fourth-order valence-corrected chi connectivity index (χ4v) is 6.09. The van der Waals surface area contributed by atoms with Crippen LogP contribution in [-0.2, 0) is 15.4 Å². The standard InChI is InChI=1S/C23H33N3O3S/c1-23(2,3)19-11-13-20(14-12-19)30(27,28)26-15-7-10-18(16-26)22-25-24-21(29-22)17-8-5-4-6-9-17/h11-14,17-18H,4-10,15-16H2,1-3H3. The van der Waals surface area contributed by atoms with Crippen LogP contribution >= 0.6 is 0 Å². The van der Waals surface area contributed by atoms with Crippen molar-refractivity contribution in [3.05, 3.63) is 41.6 Å². The van der Waals surface area contributed by atoms with Crippen LogP contribution in [-0.4, -0.2) is 36.0 Å². The molecule has 4 rings (SSSR count). The second-order valence-electron chi connectivity index (χ2n) is 9.79. The number of piperidine rings is 1. The number of rotatable bonds is 4. The van der Waals surface area contributed by atoms with Crippen LogP contribution in [0.3, 0.4) is 0 Å². The quantitative estimate of drug-likeness (QED) is 0.682. The van der Waals surface area contributed by atoms with Crippen molar-refractivity contribution in [1.29, 1.82) is 0 Å². The van der Waals surface area contributed by atoms with Crippen molar-refractivity contribution in [3.63, 3.8) is 0 Å². The van der Waals surface area contributed by atoms with Crippen LogP contribution in [0.15, 0.2) is 33.6 Å². The molecule has 0 spiro atoms. The van der Waals surface area contributed by atoms with E-state index in [0.717, 1.165) is 37.1 Å². The van der Waals surface area contributed by atoms with Crippen molar-refractivity contribution in [2.45, 2.75) is 87.9 Å². The average molecular weight is 432 g/mol. The first-order valence-corrected chi connectivity index (χ1v) is 12.6. The molecular weight excluding hydrogens is 398 g/mol. The Labute approximate surface area is 180 Å². The van der Waals surface area contributed by atoms with Crippen LogP contribution in [0.25, 0.3) is 0 Å². The van der Waals surface area contributed by atoms with E-state index in [0.29, 0.717) is 29.8 Å². The summed E-state index contributed by atoms with van der Waals surface area (Å²) in [6.45, 7) is 7.30. The lowest BCUT2D eigenvalue weighted by Gasteiger charge is -2.30. The Bertz CT molecular complexity index is 954. The third kappa shape index (κ3) is 4.47. The van der Waals surface area contributed by atoms with Gasteiger partial charge in [-0.2, -0.15) is 4.31 Å². The van der Waals surface area contributed by atoms with E-state index in [9.17, 15) is 8.42 Å². The summed E-state index contributed by atoms with van der Waals surface area (Å²) in [4.78, 5) is 0.351. The number of sulfonamides is 1. The Balaban J connectivity index is 1.48. The molecule has 1 aliphatic heterocycles. The van der Waals surface area contributed by atoms with Gasteiger partial charge in [0.2, 0.25) is 21.8 Å². The molecule has 1 unspecified atom stereocenters. The molecule has 1 aliphatic carbocycles. The summed E-state index contributed by atoms with van der Waals surface area (Å²) >= 11 is 0. The van der Waals surface area contributed by atoms with E-state index in [1.54, 1.807) is 16.4 Å². The van der Waals surface area contributed by atoms with Gasteiger partial charge in [-0.3, -0.25) is 0 Å². The molecule has 6 nitrogen and oxygen atoms in total. The highest BCUT2D eigenvalue weighted by atomic mass is 32.2. The first kappa shape index (κ1) is 21.5. The van der Waals surface area contributed by atoms with Gasteiger partial charge >= 0.3 is 0 Å². The van der Waals surface area contributed by atoms with Gasteiger partial charge in [0.25, 0.3) is 0 Å². The Morgan fingerprint density at radius 1 is 0.900 bits per heavy atom. The zero-order chi connectivity index (χ0) is 21.4. The molecule has 2 fully saturated rings. The molecule has 0 radical (unpaired) electrons. The summed E-state index contributed by atoms with van der Waals surface area (Å²) in [5.41, 5.74) is 1.12. The number of benzene rings is 1. The van der Waals surface area contributed by atoms with Gasteiger partial charge in [0.15, 0.2) is 0 Å². The van der Waals surface area contributed by atoms with Crippen molar-refractivity contribution in [1.82, 2.24) is 14.5 Å². The summed E-state index contributed by atoms with van der Waals surface area (Å²) in [5.74, 6) is 1.66. The lowest BCUT2D eigenvalue weighted by Crippen LogP contribution is -2.39. The Kier molecular flexibility index (Phi) is 6.04. The maximum atomic E-state index is 13.2. The summed E-state index contributed by atoms with van der Waals surface area (Å²) < 4.78 is 34.1. The molecule has 164 valence electrons. The lowest BCUT2D eigenvalue weighted by atomic mass is 9.87. The predicted molar refractivity (Wildman–Crippen MR) is 116 cm³/mol. The first-order chi connectivity index (χ1) is 14.2. The monoisotopic (exact) mass is 431 g/mol. The minimum atomic E-state index is -3.54. The largest absolute Gasteiger partial charge is 0.425 e. The second-order valence-corrected chi connectivity index (χ2v) is 11.7. The fraction of sp³-hybridized carbons (Fsp3) is 0.652. The van der Waals surface area contributed by atoms with Crippen molar-refractivity contribution in [2.24, 2.45) is 0 Å². The molecule has 0 N–H and O–H groups in total. The first-order valence-electron chi connectivity index (χ1n) is 11.2. The summed E-state index contributed by atoms with van der Waals surface area (Å²) in [7, 11) is -3.54. The maximum absolute atomic E-state index is 13.2. The topological polar surface area (TPSA) is 76.3 Å². The molecule has 1 atom stereocenters. The molecule has 2 aromatic rings. The van der Waals surface area contributed by atoms with Crippen LogP contribution in [0.2, 0.25) is 0 Å². The van der Waals surface area contributed by atoms with Gasteiger partial charge in [-0.25, -0.2) is 8.42 Å². The number of nitrogens with zero attached hydrogens (tertiary/aromatic N) is 3. The highest BCUT2D eigenvalue weighted by Crippen LogP contribution is 2.35. The molecule has 1 aromatic heterocycles. The minimum absolute atomic E-state index is 0.00743. The minimum Gasteiger partial charge on any atom is -0.425 e. The van der Waals surface area contributed by atoms with Gasteiger partial charge in [0.05, 0.1) is 10.8 Å². The zero-order valence-electron chi connectivity index (χ0n) is 18.3. The van der Waals surface area contributed by atoms with Crippen molar-refractivity contribution >= 4 is 10.0 Å². The molecular formula is C23H33N3O3S. The molecule has 2 heterocycles. The van der Waals surface area contributed by atoms with Gasteiger partial charge in [0.1, 0.15) is 0 Å². The molecule has 7 heteroatoms. The molecule has 2 aliphatic rings. The summed E-state index contributed by atoms with van der Waals surface area (Å²) in [6, 6.07) is 7.30. The predicted octanol–water partition coefficient (Wildman–Crippen LogP) is 4.98. The maximum Gasteiger partial charge on any atom is 0.243 e. The SMILES string of the molecule is CC(C)(C)c1ccc(S(=O)(=O)N2CCCC(c3nnc(C4CCCCC4)o3)C2)cc1. The Hall–Kier alpha value is -1.73. The van der Waals surface area contributed by atoms with Crippen molar-refractivity contribution in [2.75, 3.05) is 13.1 Å². The molecule has 1 saturated carbocycles. The van der Waals surface area contributed by atoms with E-state index in [4.69, 9.17) is 4.42 Å². The van der Waals surface area contributed by atoms with Crippen LogP contribution < -0.4 is 0 Å². The Morgan fingerprint density at radius 3 is 2.13 bits per heavy atom. The van der Waals surface area contributed by atoms with Crippen molar-refractivity contribution in [3.8, 4) is 0 Å². The molecule has 0 bridgehead atoms.